The second kappa shape index (κ2) is 6.31. The minimum Gasteiger partial charge on any atom is -0.0987 e. The first-order valence-corrected chi connectivity index (χ1v) is 8.95. The lowest BCUT2D eigenvalue weighted by atomic mass is 9.67. The summed E-state index contributed by atoms with van der Waals surface area (Å²) in [6.45, 7) is 10.4. The molecule has 1 aliphatic rings. The molecule has 0 aromatic heterocycles. The van der Waals surface area contributed by atoms with Crippen LogP contribution >= 0.6 is 0 Å². The molecule has 126 valence electrons. The van der Waals surface area contributed by atoms with Crippen LogP contribution in [0, 0.1) is 6.92 Å². The molecule has 0 N–H and O–H groups in total. The van der Waals surface area contributed by atoms with Crippen molar-refractivity contribution in [3.05, 3.63) is 138 Å². The molecule has 0 unspecified atom stereocenters. The summed E-state index contributed by atoms with van der Waals surface area (Å²) in [5.74, 6) is 0. The molecule has 0 radical (unpaired) electrons. The summed E-state index contributed by atoms with van der Waals surface area (Å²) in [4.78, 5) is 0. The normalized spacial score (nSPS) is 14.8. The summed E-state index contributed by atoms with van der Waals surface area (Å²) in [6.07, 6.45) is 3.98. The quantitative estimate of drug-likeness (QED) is 0.513. The predicted molar refractivity (Wildman–Crippen MR) is 111 cm³/mol. The molecule has 0 heteroatoms. The summed E-state index contributed by atoms with van der Waals surface area (Å²) < 4.78 is 0. The third-order valence-corrected chi connectivity index (χ3v) is 5.39. The Morgan fingerprint density at radius 2 is 1.31 bits per heavy atom. The highest BCUT2D eigenvalue weighted by atomic mass is 14.5. The second-order valence-corrected chi connectivity index (χ2v) is 6.77. The standard InChI is InChI=1S/C26H22/c1-4-22-23-18-19(3)16-17-25(23)26(24(22)5-2,20-12-8-6-9-13-20)21-14-10-7-11-15-21/h4-18H,1-2H2,3H3. The van der Waals surface area contributed by atoms with E-state index in [0.29, 0.717) is 0 Å². The van der Waals surface area contributed by atoms with E-state index in [1.165, 1.54) is 39.0 Å². The van der Waals surface area contributed by atoms with Gasteiger partial charge >= 0.3 is 0 Å². The minimum atomic E-state index is -0.364. The summed E-state index contributed by atoms with van der Waals surface area (Å²) in [5, 5.41) is 0. The molecule has 0 aliphatic heterocycles. The zero-order chi connectivity index (χ0) is 18.1. The van der Waals surface area contributed by atoms with Gasteiger partial charge in [-0.05, 0) is 40.3 Å². The summed E-state index contributed by atoms with van der Waals surface area (Å²) in [7, 11) is 0. The van der Waals surface area contributed by atoms with Crippen LogP contribution in [0.15, 0.2) is 110 Å². The van der Waals surface area contributed by atoms with Gasteiger partial charge in [0.15, 0.2) is 0 Å². The van der Waals surface area contributed by atoms with Crippen LogP contribution in [0.25, 0.3) is 5.57 Å². The average molecular weight is 334 g/mol. The lowest BCUT2D eigenvalue weighted by Gasteiger charge is -2.34. The molecular formula is C26H22. The van der Waals surface area contributed by atoms with Gasteiger partial charge in [-0.25, -0.2) is 0 Å². The lowest BCUT2D eigenvalue weighted by Crippen LogP contribution is -2.29. The maximum Gasteiger partial charge on any atom is 0.0713 e. The van der Waals surface area contributed by atoms with Crippen molar-refractivity contribution in [1.29, 1.82) is 0 Å². The summed E-state index contributed by atoms with van der Waals surface area (Å²) in [6, 6.07) is 28.2. The molecule has 3 aromatic rings. The molecule has 0 heterocycles. The van der Waals surface area contributed by atoms with Gasteiger partial charge in [-0.15, -0.1) is 0 Å². The topological polar surface area (TPSA) is 0 Å². The Balaban J connectivity index is 2.20. The molecule has 0 saturated carbocycles. The van der Waals surface area contributed by atoms with Gasteiger partial charge in [0.1, 0.15) is 0 Å². The van der Waals surface area contributed by atoms with E-state index in [9.17, 15) is 0 Å². The van der Waals surface area contributed by atoms with Gasteiger partial charge in [0, 0.05) is 0 Å². The van der Waals surface area contributed by atoms with Gasteiger partial charge < -0.3 is 0 Å². The highest BCUT2D eigenvalue weighted by Gasteiger charge is 2.45. The lowest BCUT2D eigenvalue weighted by molar-refractivity contribution is 0.761. The molecule has 0 atom stereocenters. The number of allylic oxidation sites excluding steroid dienone is 4. The van der Waals surface area contributed by atoms with E-state index in [0.717, 1.165) is 0 Å². The van der Waals surface area contributed by atoms with Gasteiger partial charge in [-0.3, -0.25) is 0 Å². The molecule has 0 bridgehead atoms. The first-order valence-electron chi connectivity index (χ1n) is 8.95. The number of benzene rings is 3. The molecule has 0 spiro atoms. The van der Waals surface area contributed by atoms with Crippen molar-refractivity contribution < 1.29 is 0 Å². The van der Waals surface area contributed by atoms with Crippen molar-refractivity contribution in [2.24, 2.45) is 0 Å². The molecule has 0 fully saturated rings. The molecule has 0 saturated heterocycles. The van der Waals surface area contributed by atoms with Crippen molar-refractivity contribution in [3.63, 3.8) is 0 Å². The first-order chi connectivity index (χ1) is 12.7. The van der Waals surface area contributed by atoms with Crippen LogP contribution in [0.3, 0.4) is 0 Å². The third-order valence-electron chi connectivity index (χ3n) is 5.39. The van der Waals surface area contributed by atoms with Gasteiger partial charge in [0.05, 0.1) is 5.41 Å². The Kier molecular flexibility index (Phi) is 3.97. The van der Waals surface area contributed by atoms with Crippen molar-refractivity contribution in [3.8, 4) is 0 Å². The minimum absolute atomic E-state index is 0.364. The monoisotopic (exact) mass is 334 g/mol. The molecular weight excluding hydrogens is 312 g/mol. The van der Waals surface area contributed by atoms with Crippen LogP contribution < -0.4 is 0 Å². The van der Waals surface area contributed by atoms with Crippen molar-refractivity contribution >= 4 is 5.57 Å². The first kappa shape index (κ1) is 16.4. The van der Waals surface area contributed by atoms with Gasteiger partial charge in [0.25, 0.3) is 0 Å². The molecule has 3 aromatic carbocycles. The molecule has 26 heavy (non-hydrogen) atoms. The second-order valence-electron chi connectivity index (χ2n) is 6.77. The van der Waals surface area contributed by atoms with Crippen LogP contribution in [-0.2, 0) is 5.41 Å². The molecule has 0 amide bonds. The Hall–Kier alpha value is -3.12. The third kappa shape index (κ3) is 2.16. The van der Waals surface area contributed by atoms with E-state index in [-0.39, 0.29) is 5.41 Å². The Bertz CT molecular complexity index is 965. The van der Waals surface area contributed by atoms with Crippen LogP contribution in [0.4, 0.5) is 0 Å². The van der Waals surface area contributed by atoms with Crippen molar-refractivity contribution in [2.45, 2.75) is 12.3 Å². The fourth-order valence-corrected chi connectivity index (χ4v) is 4.35. The number of hydrogen-bond donors (Lipinski definition) is 0. The van der Waals surface area contributed by atoms with Crippen molar-refractivity contribution in [1.82, 2.24) is 0 Å². The van der Waals surface area contributed by atoms with Crippen LogP contribution in [-0.4, -0.2) is 0 Å². The van der Waals surface area contributed by atoms with Crippen LogP contribution in [0.2, 0.25) is 0 Å². The zero-order valence-corrected chi connectivity index (χ0v) is 15.1. The molecule has 4 rings (SSSR count). The zero-order valence-electron chi connectivity index (χ0n) is 15.1. The average Bonchev–Trinajstić information content (AvgIpc) is 2.98. The van der Waals surface area contributed by atoms with E-state index in [1.54, 1.807) is 0 Å². The number of aryl methyl sites for hydroxylation is 1. The van der Waals surface area contributed by atoms with Crippen LogP contribution in [0.5, 0.6) is 0 Å². The SMILES string of the molecule is C=CC1=C(C=C)C(c2ccccc2)(c2ccccc2)c2ccc(C)cc21. The van der Waals surface area contributed by atoms with Gasteiger partial charge in [-0.1, -0.05) is 110 Å². The number of rotatable bonds is 4. The van der Waals surface area contributed by atoms with E-state index >= 15 is 0 Å². The number of hydrogen-bond acceptors (Lipinski definition) is 0. The fourth-order valence-electron chi connectivity index (χ4n) is 4.35. The Morgan fingerprint density at radius 1 is 0.731 bits per heavy atom. The van der Waals surface area contributed by atoms with E-state index in [2.05, 4.69) is 98.9 Å². The van der Waals surface area contributed by atoms with Gasteiger partial charge in [0.2, 0.25) is 0 Å². The van der Waals surface area contributed by atoms with Crippen molar-refractivity contribution in [2.75, 3.05) is 0 Å². The summed E-state index contributed by atoms with van der Waals surface area (Å²) in [5.41, 5.74) is 8.32. The van der Waals surface area contributed by atoms with E-state index in [1.807, 2.05) is 12.2 Å². The van der Waals surface area contributed by atoms with Crippen LogP contribution in [0.1, 0.15) is 27.8 Å². The van der Waals surface area contributed by atoms with Gasteiger partial charge in [-0.2, -0.15) is 0 Å². The highest BCUT2D eigenvalue weighted by Crippen LogP contribution is 2.55. The fraction of sp³-hybridized carbons (Fsp3) is 0.0769. The Labute approximate surface area is 155 Å². The highest BCUT2D eigenvalue weighted by molar-refractivity contribution is 5.91. The molecule has 1 aliphatic carbocycles. The maximum atomic E-state index is 4.19. The maximum absolute atomic E-state index is 4.19. The molecule has 0 nitrogen and oxygen atoms in total. The number of fused-ring (bicyclic) bond motifs is 1. The largest absolute Gasteiger partial charge is 0.0987 e. The predicted octanol–water partition coefficient (Wildman–Crippen LogP) is 6.47. The smallest absolute Gasteiger partial charge is 0.0713 e. The summed E-state index contributed by atoms with van der Waals surface area (Å²) >= 11 is 0. The van der Waals surface area contributed by atoms with E-state index in [4.69, 9.17) is 0 Å². The van der Waals surface area contributed by atoms with E-state index < -0.39 is 0 Å². The Morgan fingerprint density at radius 3 is 1.81 bits per heavy atom.